The fraction of sp³-hybridized carbons (Fsp3) is 0.235. The maximum absolute atomic E-state index is 11.9. The number of methoxy groups -OCH3 is 1. The summed E-state index contributed by atoms with van der Waals surface area (Å²) in [4.78, 5) is 12.7. The molecule has 0 heterocycles. The highest BCUT2D eigenvalue weighted by Crippen LogP contribution is 2.29. The Morgan fingerprint density at radius 2 is 1.91 bits per heavy atom. The van der Waals surface area contributed by atoms with Crippen LogP contribution in [0.1, 0.15) is 5.56 Å². The summed E-state index contributed by atoms with van der Waals surface area (Å²) in [6, 6.07) is 13.0. The monoisotopic (exact) mass is 369 g/mol. The van der Waals surface area contributed by atoms with Gasteiger partial charge in [0.15, 0.2) is 0 Å². The number of benzene rings is 2. The first kappa shape index (κ1) is 18.0. The van der Waals surface area contributed by atoms with E-state index >= 15 is 0 Å². The summed E-state index contributed by atoms with van der Waals surface area (Å²) in [7, 11) is 1.64. The molecule has 0 bridgehead atoms. The first-order valence-corrected chi connectivity index (χ1v) is 8.80. The second-order valence-corrected chi connectivity index (χ2v) is 6.67. The minimum atomic E-state index is -0.0282. The summed E-state index contributed by atoms with van der Waals surface area (Å²) in [5, 5.41) is 4.11. The van der Waals surface area contributed by atoms with Crippen LogP contribution in [0.3, 0.4) is 0 Å². The van der Waals surface area contributed by atoms with Gasteiger partial charge in [-0.05, 0) is 42.3 Å². The molecule has 2 rings (SSSR count). The summed E-state index contributed by atoms with van der Waals surface area (Å²) in [5.74, 6) is 1.11. The molecule has 0 fully saturated rings. The highest BCUT2D eigenvalue weighted by molar-refractivity contribution is 8.00. The highest BCUT2D eigenvalue weighted by Gasteiger charge is 2.06. The molecule has 0 aliphatic rings. The van der Waals surface area contributed by atoms with Crippen LogP contribution in [0, 0.1) is 0 Å². The molecule has 0 aliphatic carbocycles. The number of hydrogen-bond acceptors (Lipinski definition) is 3. The quantitative estimate of drug-likeness (QED) is 0.732. The number of rotatable bonds is 7. The van der Waals surface area contributed by atoms with Crippen LogP contribution in [-0.4, -0.2) is 25.3 Å². The van der Waals surface area contributed by atoms with Crippen molar-refractivity contribution in [1.82, 2.24) is 5.32 Å². The van der Waals surface area contributed by atoms with E-state index in [0.717, 1.165) is 22.6 Å². The Morgan fingerprint density at radius 3 is 2.61 bits per heavy atom. The van der Waals surface area contributed by atoms with Gasteiger partial charge in [0.1, 0.15) is 5.75 Å². The number of thioether (sulfide) groups is 1. The molecule has 0 aliphatic heterocycles. The van der Waals surface area contributed by atoms with Crippen molar-refractivity contribution < 1.29 is 9.53 Å². The topological polar surface area (TPSA) is 38.3 Å². The van der Waals surface area contributed by atoms with Crippen molar-refractivity contribution in [2.75, 3.05) is 19.4 Å². The summed E-state index contributed by atoms with van der Waals surface area (Å²) >= 11 is 13.4. The molecule has 6 heteroatoms. The third-order valence-corrected chi connectivity index (χ3v) is 4.88. The fourth-order valence-electron chi connectivity index (χ4n) is 1.92. The molecule has 0 unspecified atom stereocenters. The van der Waals surface area contributed by atoms with E-state index in [1.54, 1.807) is 25.3 Å². The Balaban J connectivity index is 1.73. The third-order valence-electron chi connectivity index (χ3n) is 3.15. The van der Waals surface area contributed by atoms with Crippen molar-refractivity contribution in [3.8, 4) is 5.75 Å². The number of carbonyl (C=O) groups is 1. The molecule has 2 aromatic carbocycles. The van der Waals surface area contributed by atoms with Crippen molar-refractivity contribution in [3.63, 3.8) is 0 Å². The molecule has 0 saturated heterocycles. The molecular formula is C17H17Cl2NO2S. The Kier molecular flexibility index (Phi) is 7.09. The summed E-state index contributed by atoms with van der Waals surface area (Å²) < 4.78 is 5.11. The van der Waals surface area contributed by atoms with Gasteiger partial charge in [0.25, 0.3) is 0 Å². The lowest BCUT2D eigenvalue weighted by atomic mass is 10.1. The van der Waals surface area contributed by atoms with Crippen molar-refractivity contribution in [3.05, 3.63) is 58.1 Å². The fourth-order valence-corrected chi connectivity index (χ4v) is 3.24. The molecule has 0 saturated carbocycles. The zero-order valence-electron chi connectivity index (χ0n) is 12.6. The molecule has 0 aromatic heterocycles. The number of halogens is 2. The van der Waals surface area contributed by atoms with Crippen LogP contribution in [0.4, 0.5) is 0 Å². The van der Waals surface area contributed by atoms with Gasteiger partial charge in [-0.15, -0.1) is 11.8 Å². The average Bonchev–Trinajstić information content (AvgIpc) is 2.56. The van der Waals surface area contributed by atoms with Crippen molar-refractivity contribution >= 4 is 40.9 Å². The van der Waals surface area contributed by atoms with E-state index in [-0.39, 0.29) is 5.91 Å². The second kappa shape index (κ2) is 9.06. The first-order chi connectivity index (χ1) is 11.1. The van der Waals surface area contributed by atoms with Gasteiger partial charge >= 0.3 is 0 Å². The van der Waals surface area contributed by atoms with Gasteiger partial charge in [0.05, 0.1) is 17.9 Å². The molecule has 1 N–H and O–H groups in total. The molecule has 122 valence electrons. The Morgan fingerprint density at radius 1 is 1.17 bits per heavy atom. The smallest absolute Gasteiger partial charge is 0.230 e. The van der Waals surface area contributed by atoms with Gasteiger partial charge in [-0.3, -0.25) is 4.79 Å². The van der Waals surface area contributed by atoms with Gasteiger partial charge in [-0.1, -0.05) is 35.3 Å². The minimum absolute atomic E-state index is 0.0282. The van der Waals surface area contributed by atoms with Crippen LogP contribution >= 0.6 is 35.0 Å². The lowest BCUT2D eigenvalue weighted by molar-refractivity contribution is -0.118. The largest absolute Gasteiger partial charge is 0.497 e. The second-order valence-electron chi connectivity index (χ2n) is 4.81. The van der Waals surface area contributed by atoms with E-state index in [1.165, 1.54) is 11.8 Å². The van der Waals surface area contributed by atoms with Crippen LogP contribution in [-0.2, 0) is 11.2 Å². The van der Waals surface area contributed by atoms with Crippen LogP contribution in [0.5, 0.6) is 5.75 Å². The predicted molar refractivity (Wildman–Crippen MR) is 96.9 cm³/mol. The Hall–Kier alpha value is -1.36. The summed E-state index contributed by atoms with van der Waals surface area (Å²) in [6.07, 6.45) is 0.776. The maximum Gasteiger partial charge on any atom is 0.230 e. The van der Waals surface area contributed by atoms with Gasteiger partial charge < -0.3 is 10.1 Å². The third kappa shape index (κ3) is 5.98. The Bertz CT molecular complexity index is 662. The number of carbonyl (C=O) groups excluding carboxylic acids is 1. The van der Waals surface area contributed by atoms with Crippen LogP contribution < -0.4 is 10.1 Å². The standard InChI is InChI=1S/C17H17Cl2NO2S/c1-22-14-5-2-12(3-6-14)8-9-20-17(21)11-23-16-10-13(18)4-7-15(16)19/h2-7,10H,8-9,11H2,1H3,(H,20,21). The van der Waals surface area contributed by atoms with E-state index in [0.29, 0.717) is 22.3 Å². The van der Waals surface area contributed by atoms with Crippen LogP contribution in [0.15, 0.2) is 47.4 Å². The maximum atomic E-state index is 11.9. The zero-order valence-corrected chi connectivity index (χ0v) is 15.0. The minimum Gasteiger partial charge on any atom is -0.497 e. The number of ether oxygens (including phenoxy) is 1. The lowest BCUT2D eigenvalue weighted by Crippen LogP contribution is -2.27. The van der Waals surface area contributed by atoms with E-state index in [4.69, 9.17) is 27.9 Å². The van der Waals surface area contributed by atoms with E-state index in [1.807, 2.05) is 24.3 Å². The van der Waals surface area contributed by atoms with E-state index in [9.17, 15) is 4.79 Å². The molecule has 23 heavy (non-hydrogen) atoms. The molecule has 0 atom stereocenters. The van der Waals surface area contributed by atoms with Crippen molar-refractivity contribution in [2.24, 2.45) is 0 Å². The number of nitrogens with one attached hydrogen (secondary N) is 1. The summed E-state index contributed by atoms with van der Waals surface area (Å²) in [6.45, 7) is 0.592. The first-order valence-electron chi connectivity index (χ1n) is 7.06. The Labute approximate surface area is 150 Å². The van der Waals surface area contributed by atoms with E-state index in [2.05, 4.69) is 5.32 Å². The predicted octanol–water partition coefficient (Wildman–Crippen LogP) is 4.45. The molecule has 1 amide bonds. The molecule has 0 spiro atoms. The molecular weight excluding hydrogens is 353 g/mol. The van der Waals surface area contributed by atoms with Gasteiger partial charge in [-0.2, -0.15) is 0 Å². The number of hydrogen-bond donors (Lipinski definition) is 1. The van der Waals surface area contributed by atoms with Crippen LogP contribution in [0.25, 0.3) is 0 Å². The highest BCUT2D eigenvalue weighted by atomic mass is 35.5. The normalized spacial score (nSPS) is 10.4. The van der Waals surface area contributed by atoms with Crippen molar-refractivity contribution in [1.29, 1.82) is 0 Å². The van der Waals surface area contributed by atoms with Crippen molar-refractivity contribution in [2.45, 2.75) is 11.3 Å². The summed E-state index contributed by atoms with van der Waals surface area (Å²) in [5.41, 5.74) is 1.15. The van der Waals surface area contributed by atoms with Gasteiger partial charge in [-0.25, -0.2) is 0 Å². The van der Waals surface area contributed by atoms with Gasteiger partial charge in [0.2, 0.25) is 5.91 Å². The number of amides is 1. The van der Waals surface area contributed by atoms with Crippen LogP contribution in [0.2, 0.25) is 10.0 Å². The molecule has 0 radical (unpaired) electrons. The van der Waals surface area contributed by atoms with E-state index < -0.39 is 0 Å². The zero-order chi connectivity index (χ0) is 16.7. The molecule has 2 aromatic rings. The molecule has 3 nitrogen and oxygen atoms in total. The SMILES string of the molecule is COc1ccc(CCNC(=O)CSc2cc(Cl)ccc2Cl)cc1. The lowest BCUT2D eigenvalue weighted by Gasteiger charge is -2.07. The average molecular weight is 370 g/mol. The van der Waals surface area contributed by atoms with Gasteiger partial charge in [0, 0.05) is 16.5 Å².